The highest BCUT2D eigenvalue weighted by Gasteiger charge is 2.13. The van der Waals surface area contributed by atoms with Crippen molar-refractivity contribution in [3.63, 3.8) is 0 Å². The van der Waals surface area contributed by atoms with Crippen LogP contribution < -0.4 is 5.56 Å². The number of para-hydroxylation sites is 1. The van der Waals surface area contributed by atoms with Gasteiger partial charge in [0.1, 0.15) is 10.7 Å². The molecule has 96 valence electrons. The van der Waals surface area contributed by atoms with Crippen LogP contribution >= 0.6 is 43.2 Å². The maximum Gasteiger partial charge on any atom is 0.266 e. The van der Waals surface area contributed by atoms with Gasteiger partial charge in [0.15, 0.2) is 0 Å². The SMILES string of the molecule is O=c1c2cc(Br)sc2nc(CBr)n1-c1ccccc1. The molecule has 0 N–H and O–H groups in total. The summed E-state index contributed by atoms with van der Waals surface area (Å²) in [5.41, 5.74) is 0.797. The summed E-state index contributed by atoms with van der Waals surface area (Å²) < 4.78 is 2.56. The summed E-state index contributed by atoms with van der Waals surface area (Å²) in [7, 11) is 0. The van der Waals surface area contributed by atoms with E-state index in [1.807, 2.05) is 36.4 Å². The Labute approximate surface area is 130 Å². The lowest BCUT2D eigenvalue weighted by atomic mass is 10.3. The predicted molar refractivity (Wildman–Crippen MR) is 85.5 cm³/mol. The first-order valence-electron chi connectivity index (χ1n) is 5.53. The zero-order valence-electron chi connectivity index (χ0n) is 9.64. The first-order chi connectivity index (χ1) is 9.20. The summed E-state index contributed by atoms with van der Waals surface area (Å²) in [5, 5.41) is 1.17. The zero-order chi connectivity index (χ0) is 13.4. The lowest BCUT2D eigenvalue weighted by Gasteiger charge is -2.10. The van der Waals surface area contributed by atoms with Gasteiger partial charge >= 0.3 is 0 Å². The second kappa shape index (κ2) is 5.19. The summed E-state index contributed by atoms with van der Waals surface area (Å²) in [5.74, 6) is 0.707. The van der Waals surface area contributed by atoms with Gasteiger partial charge in [-0.3, -0.25) is 9.36 Å². The van der Waals surface area contributed by atoms with Crippen LogP contribution in [-0.4, -0.2) is 9.55 Å². The van der Waals surface area contributed by atoms with E-state index < -0.39 is 0 Å². The molecular weight excluding hydrogens is 392 g/mol. The van der Waals surface area contributed by atoms with Crippen LogP contribution in [0.3, 0.4) is 0 Å². The van der Waals surface area contributed by atoms with E-state index in [0.29, 0.717) is 16.5 Å². The van der Waals surface area contributed by atoms with Crippen molar-refractivity contribution in [2.75, 3.05) is 0 Å². The largest absolute Gasteiger partial charge is 0.268 e. The molecule has 0 aliphatic carbocycles. The monoisotopic (exact) mass is 398 g/mol. The number of fused-ring (bicyclic) bond motifs is 1. The van der Waals surface area contributed by atoms with Gasteiger partial charge in [0.25, 0.3) is 5.56 Å². The molecule has 0 spiro atoms. The van der Waals surface area contributed by atoms with Crippen molar-refractivity contribution in [1.82, 2.24) is 9.55 Å². The second-order valence-corrected chi connectivity index (χ2v) is 6.88. The number of alkyl halides is 1. The highest BCUT2D eigenvalue weighted by Crippen LogP contribution is 2.27. The average molecular weight is 400 g/mol. The molecule has 2 heterocycles. The third-order valence-electron chi connectivity index (χ3n) is 2.74. The van der Waals surface area contributed by atoms with Gasteiger partial charge in [0.05, 0.1) is 20.2 Å². The number of hydrogen-bond acceptors (Lipinski definition) is 3. The van der Waals surface area contributed by atoms with Crippen LogP contribution in [0.4, 0.5) is 0 Å². The zero-order valence-corrected chi connectivity index (χ0v) is 13.6. The van der Waals surface area contributed by atoms with Crippen LogP contribution in [0.2, 0.25) is 0 Å². The molecule has 0 amide bonds. The lowest BCUT2D eigenvalue weighted by Crippen LogP contribution is -2.22. The van der Waals surface area contributed by atoms with Gasteiger partial charge in [-0.25, -0.2) is 4.98 Å². The smallest absolute Gasteiger partial charge is 0.266 e. The fourth-order valence-corrected chi connectivity index (χ4v) is 3.76. The molecule has 0 radical (unpaired) electrons. The molecular formula is C13H8Br2N2OS. The van der Waals surface area contributed by atoms with Crippen LogP contribution in [0.25, 0.3) is 15.9 Å². The maximum atomic E-state index is 12.6. The van der Waals surface area contributed by atoms with E-state index in [-0.39, 0.29) is 5.56 Å². The first kappa shape index (κ1) is 13.0. The van der Waals surface area contributed by atoms with E-state index >= 15 is 0 Å². The van der Waals surface area contributed by atoms with Crippen molar-refractivity contribution in [3.05, 3.63) is 56.4 Å². The average Bonchev–Trinajstić information content (AvgIpc) is 2.80. The normalized spacial score (nSPS) is 11.1. The summed E-state index contributed by atoms with van der Waals surface area (Å²) in [6.07, 6.45) is 0. The Balaban J connectivity index is 2.40. The lowest BCUT2D eigenvalue weighted by molar-refractivity contribution is 0.890. The summed E-state index contributed by atoms with van der Waals surface area (Å²) in [4.78, 5) is 17.9. The summed E-state index contributed by atoms with van der Waals surface area (Å²) in [6.45, 7) is 0. The molecule has 0 fully saturated rings. The molecule has 0 saturated carbocycles. The van der Waals surface area contributed by atoms with Gasteiger partial charge < -0.3 is 0 Å². The fourth-order valence-electron chi connectivity index (χ4n) is 1.93. The summed E-state index contributed by atoms with van der Waals surface area (Å²) in [6, 6.07) is 11.4. The Morgan fingerprint density at radius 1 is 1.26 bits per heavy atom. The van der Waals surface area contributed by atoms with E-state index in [9.17, 15) is 4.79 Å². The molecule has 3 rings (SSSR count). The second-order valence-electron chi connectivity index (χ2n) is 3.91. The third kappa shape index (κ3) is 2.28. The van der Waals surface area contributed by atoms with Crippen LogP contribution in [0, 0.1) is 0 Å². The standard InChI is InChI=1S/C13H8Br2N2OS/c14-7-11-16-12-9(6-10(15)19-12)13(18)17(11)8-4-2-1-3-5-8/h1-6H,7H2. The molecule has 0 aliphatic rings. The van der Waals surface area contributed by atoms with Crippen LogP contribution in [0.15, 0.2) is 45.0 Å². The van der Waals surface area contributed by atoms with Crippen molar-refractivity contribution in [1.29, 1.82) is 0 Å². The Hall–Kier alpha value is -0.980. The van der Waals surface area contributed by atoms with Crippen LogP contribution in [0.5, 0.6) is 0 Å². The minimum Gasteiger partial charge on any atom is -0.268 e. The molecule has 0 unspecified atom stereocenters. The van der Waals surface area contributed by atoms with Crippen molar-refractivity contribution in [2.24, 2.45) is 0 Å². The van der Waals surface area contributed by atoms with Gasteiger partial charge in [-0.2, -0.15) is 0 Å². The molecule has 6 heteroatoms. The first-order valence-corrected chi connectivity index (χ1v) is 8.26. The number of nitrogens with zero attached hydrogens (tertiary/aromatic N) is 2. The van der Waals surface area contributed by atoms with E-state index in [1.54, 1.807) is 4.57 Å². The highest BCUT2D eigenvalue weighted by atomic mass is 79.9. The number of rotatable bonds is 2. The number of halogens is 2. The van der Waals surface area contributed by atoms with E-state index in [1.165, 1.54) is 11.3 Å². The van der Waals surface area contributed by atoms with Crippen molar-refractivity contribution in [3.8, 4) is 5.69 Å². The van der Waals surface area contributed by atoms with Crippen LogP contribution in [-0.2, 0) is 5.33 Å². The highest BCUT2D eigenvalue weighted by molar-refractivity contribution is 9.11. The third-order valence-corrected chi connectivity index (χ3v) is 4.77. The van der Waals surface area contributed by atoms with Crippen molar-refractivity contribution >= 4 is 53.4 Å². The molecule has 3 aromatic rings. The van der Waals surface area contributed by atoms with Crippen molar-refractivity contribution < 1.29 is 0 Å². The molecule has 0 bridgehead atoms. The fraction of sp³-hybridized carbons (Fsp3) is 0.0769. The minimum absolute atomic E-state index is 0.0346. The number of benzene rings is 1. The number of aromatic nitrogens is 2. The molecule has 0 saturated heterocycles. The molecule has 1 aromatic carbocycles. The van der Waals surface area contributed by atoms with Crippen LogP contribution in [0.1, 0.15) is 5.82 Å². The van der Waals surface area contributed by atoms with E-state index in [4.69, 9.17) is 0 Å². The Bertz CT molecular complexity index is 796. The Kier molecular flexibility index (Phi) is 3.56. The quantitative estimate of drug-likeness (QED) is 0.608. The van der Waals surface area contributed by atoms with Gasteiger partial charge in [0, 0.05) is 0 Å². The molecule has 19 heavy (non-hydrogen) atoms. The molecule has 0 aliphatic heterocycles. The summed E-state index contributed by atoms with van der Waals surface area (Å²) >= 11 is 8.28. The number of thiophene rings is 1. The Morgan fingerprint density at radius 3 is 2.68 bits per heavy atom. The molecule has 2 aromatic heterocycles. The molecule has 3 nitrogen and oxygen atoms in total. The maximum absolute atomic E-state index is 12.6. The van der Waals surface area contributed by atoms with E-state index in [2.05, 4.69) is 36.8 Å². The van der Waals surface area contributed by atoms with Crippen molar-refractivity contribution in [2.45, 2.75) is 5.33 Å². The van der Waals surface area contributed by atoms with Gasteiger partial charge in [0.2, 0.25) is 0 Å². The van der Waals surface area contributed by atoms with E-state index in [0.717, 1.165) is 14.3 Å². The van der Waals surface area contributed by atoms with Gasteiger partial charge in [-0.1, -0.05) is 34.1 Å². The topological polar surface area (TPSA) is 34.9 Å². The minimum atomic E-state index is -0.0346. The Morgan fingerprint density at radius 2 is 2.00 bits per heavy atom. The van der Waals surface area contributed by atoms with Gasteiger partial charge in [-0.15, -0.1) is 11.3 Å². The number of hydrogen-bond donors (Lipinski definition) is 0. The molecule has 0 atom stereocenters. The van der Waals surface area contributed by atoms with Gasteiger partial charge in [-0.05, 0) is 34.1 Å². The predicted octanol–water partition coefficient (Wildman–Crippen LogP) is 4.10.